The van der Waals surface area contributed by atoms with Gasteiger partial charge in [0.1, 0.15) is 0 Å². The number of hydrogen-bond donors (Lipinski definition) is 2. The SMILES string of the molecule is C=C.C=C.C=C(CC(=O)OCC)C(=O)ONC(N)=O. The molecular formula is C12H20N2O5. The van der Waals surface area contributed by atoms with Gasteiger partial charge in [0.2, 0.25) is 0 Å². The summed E-state index contributed by atoms with van der Waals surface area (Å²) < 4.78 is 4.57. The standard InChI is InChI=1S/C8H12N2O5.2C2H4/c1-3-14-6(11)4-5(2)7(12)15-10-8(9)13;2*1-2/h2-4H2,1H3,(H3,9,10,13);2*1-2H2. The Morgan fingerprint density at radius 1 is 1.16 bits per heavy atom. The average Bonchev–Trinajstić information content (AvgIpc) is 2.40. The molecule has 2 amide bonds. The lowest BCUT2D eigenvalue weighted by molar-refractivity contribution is -0.148. The monoisotopic (exact) mass is 272 g/mol. The first-order valence-electron chi connectivity index (χ1n) is 5.07. The lowest BCUT2D eigenvalue weighted by Gasteiger charge is -2.05. The van der Waals surface area contributed by atoms with Crippen molar-refractivity contribution in [1.82, 2.24) is 5.48 Å². The van der Waals surface area contributed by atoms with Gasteiger partial charge in [-0.15, -0.1) is 26.3 Å². The highest BCUT2D eigenvalue weighted by Gasteiger charge is 2.14. The molecule has 0 aromatic heterocycles. The van der Waals surface area contributed by atoms with Crippen molar-refractivity contribution in [3.8, 4) is 0 Å². The van der Waals surface area contributed by atoms with Gasteiger partial charge in [-0.25, -0.2) is 9.59 Å². The van der Waals surface area contributed by atoms with Crippen LogP contribution in [0.5, 0.6) is 0 Å². The maximum Gasteiger partial charge on any atom is 0.359 e. The van der Waals surface area contributed by atoms with Gasteiger partial charge < -0.3 is 15.3 Å². The minimum Gasteiger partial charge on any atom is -0.466 e. The molecule has 0 radical (unpaired) electrons. The molecule has 0 spiro atoms. The van der Waals surface area contributed by atoms with E-state index in [1.54, 1.807) is 12.4 Å². The predicted octanol–water partition coefficient (Wildman–Crippen LogP) is 1.23. The van der Waals surface area contributed by atoms with Crippen LogP contribution in [0.15, 0.2) is 38.5 Å². The molecule has 0 atom stereocenters. The Hall–Kier alpha value is -2.57. The average molecular weight is 272 g/mol. The molecule has 0 heterocycles. The highest BCUT2D eigenvalue weighted by molar-refractivity contribution is 5.93. The quantitative estimate of drug-likeness (QED) is 0.346. The van der Waals surface area contributed by atoms with Crippen LogP contribution < -0.4 is 11.2 Å². The first-order valence-corrected chi connectivity index (χ1v) is 5.07. The number of carbonyl (C=O) groups excluding carboxylic acids is 3. The summed E-state index contributed by atoms with van der Waals surface area (Å²) in [4.78, 5) is 36.2. The molecule has 0 aliphatic rings. The molecule has 19 heavy (non-hydrogen) atoms. The highest BCUT2D eigenvalue weighted by Crippen LogP contribution is 2.01. The fraction of sp³-hybridized carbons (Fsp3) is 0.250. The van der Waals surface area contributed by atoms with E-state index in [9.17, 15) is 14.4 Å². The van der Waals surface area contributed by atoms with E-state index in [4.69, 9.17) is 0 Å². The van der Waals surface area contributed by atoms with Gasteiger partial charge in [0.25, 0.3) is 0 Å². The van der Waals surface area contributed by atoms with Gasteiger partial charge in [-0.3, -0.25) is 4.79 Å². The second-order valence-electron chi connectivity index (χ2n) is 2.44. The van der Waals surface area contributed by atoms with E-state index in [0.29, 0.717) is 0 Å². The summed E-state index contributed by atoms with van der Waals surface area (Å²) in [5.41, 5.74) is 6.11. The van der Waals surface area contributed by atoms with Crippen LogP contribution in [-0.4, -0.2) is 24.6 Å². The largest absolute Gasteiger partial charge is 0.466 e. The number of urea groups is 1. The van der Waals surface area contributed by atoms with Gasteiger partial charge in [-0.2, -0.15) is 5.48 Å². The maximum atomic E-state index is 11.0. The van der Waals surface area contributed by atoms with Crippen molar-refractivity contribution in [2.45, 2.75) is 13.3 Å². The van der Waals surface area contributed by atoms with E-state index in [-0.39, 0.29) is 18.6 Å². The summed E-state index contributed by atoms with van der Waals surface area (Å²) in [5, 5.41) is 0. The molecule has 0 fully saturated rings. The smallest absolute Gasteiger partial charge is 0.359 e. The van der Waals surface area contributed by atoms with Gasteiger partial charge in [0.05, 0.1) is 13.0 Å². The Morgan fingerprint density at radius 3 is 2.00 bits per heavy atom. The van der Waals surface area contributed by atoms with Crippen LogP contribution in [0.25, 0.3) is 0 Å². The topological polar surface area (TPSA) is 108 Å². The van der Waals surface area contributed by atoms with Crippen molar-refractivity contribution in [2.75, 3.05) is 6.61 Å². The Morgan fingerprint density at radius 2 is 1.63 bits per heavy atom. The van der Waals surface area contributed by atoms with Gasteiger partial charge in [-0.05, 0) is 6.92 Å². The fourth-order valence-corrected chi connectivity index (χ4v) is 0.627. The minimum absolute atomic E-state index is 0.137. The first kappa shape index (κ1) is 21.7. The molecule has 0 aromatic carbocycles. The fourth-order valence-electron chi connectivity index (χ4n) is 0.627. The van der Waals surface area contributed by atoms with E-state index >= 15 is 0 Å². The number of hydrogen-bond acceptors (Lipinski definition) is 5. The molecule has 0 aliphatic carbocycles. The Balaban J connectivity index is -0.000000579. The Labute approximate surface area is 112 Å². The molecule has 7 nitrogen and oxygen atoms in total. The maximum absolute atomic E-state index is 11.0. The van der Waals surface area contributed by atoms with Crippen molar-refractivity contribution < 1.29 is 24.0 Å². The molecule has 0 rings (SSSR count). The third-order valence-electron chi connectivity index (χ3n) is 1.20. The molecule has 0 saturated heterocycles. The van der Waals surface area contributed by atoms with Crippen LogP contribution in [0.3, 0.4) is 0 Å². The summed E-state index contributed by atoms with van der Waals surface area (Å²) in [5.74, 6) is -1.54. The van der Waals surface area contributed by atoms with Gasteiger partial charge in [0, 0.05) is 5.57 Å². The summed E-state index contributed by atoms with van der Waals surface area (Å²) in [7, 11) is 0. The summed E-state index contributed by atoms with van der Waals surface area (Å²) in [6, 6.07) is -1.02. The van der Waals surface area contributed by atoms with E-state index in [1.807, 2.05) is 0 Å². The lowest BCUT2D eigenvalue weighted by Crippen LogP contribution is -2.32. The number of amides is 2. The number of nitrogens with two attached hydrogens (primary N) is 1. The molecule has 0 bridgehead atoms. The van der Waals surface area contributed by atoms with Crippen LogP contribution in [0.2, 0.25) is 0 Å². The molecule has 0 aliphatic heterocycles. The molecular weight excluding hydrogens is 252 g/mol. The predicted molar refractivity (Wildman–Crippen MR) is 71.7 cm³/mol. The minimum atomic E-state index is -1.02. The van der Waals surface area contributed by atoms with Crippen molar-refractivity contribution >= 4 is 18.0 Å². The number of primary amides is 1. The molecule has 3 N–H and O–H groups in total. The Bertz CT molecular complexity index is 313. The van der Waals surface area contributed by atoms with Crippen LogP contribution in [0.4, 0.5) is 4.79 Å². The number of nitrogens with one attached hydrogen (secondary N) is 1. The van der Waals surface area contributed by atoms with Crippen LogP contribution >= 0.6 is 0 Å². The molecule has 0 saturated carbocycles. The molecule has 0 aromatic rings. The summed E-state index contributed by atoms with van der Waals surface area (Å²) in [6.45, 7) is 17.1. The molecule has 7 heteroatoms. The zero-order valence-electron chi connectivity index (χ0n) is 11.1. The van der Waals surface area contributed by atoms with Crippen molar-refractivity contribution in [2.24, 2.45) is 5.73 Å². The Kier molecular flexibility index (Phi) is 17.6. The van der Waals surface area contributed by atoms with Crippen LogP contribution in [-0.2, 0) is 19.2 Å². The lowest BCUT2D eigenvalue weighted by atomic mass is 10.2. The number of ether oxygens (including phenoxy) is 1. The number of carbonyl (C=O) groups is 3. The number of hydroxylamine groups is 1. The third kappa shape index (κ3) is 15.4. The van der Waals surface area contributed by atoms with Crippen LogP contribution in [0.1, 0.15) is 13.3 Å². The number of rotatable bonds is 4. The summed E-state index contributed by atoms with van der Waals surface area (Å²) >= 11 is 0. The van der Waals surface area contributed by atoms with Crippen molar-refractivity contribution in [3.63, 3.8) is 0 Å². The van der Waals surface area contributed by atoms with Crippen LogP contribution in [0, 0.1) is 0 Å². The van der Waals surface area contributed by atoms with E-state index in [0.717, 1.165) is 0 Å². The highest BCUT2D eigenvalue weighted by atomic mass is 16.7. The van der Waals surface area contributed by atoms with E-state index in [1.165, 1.54) is 0 Å². The zero-order valence-corrected chi connectivity index (χ0v) is 11.1. The second-order valence-corrected chi connectivity index (χ2v) is 2.44. The van der Waals surface area contributed by atoms with Crippen molar-refractivity contribution in [3.05, 3.63) is 38.5 Å². The van der Waals surface area contributed by atoms with Gasteiger partial charge >= 0.3 is 18.0 Å². The molecule has 0 unspecified atom stereocenters. The number of esters is 1. The summed E-state index contributed by atoms with van der Waals surface area (Å²) in [6.07, 6.45) is -0.298. The second kappa shape index (κ2) is 15.4. The first-order chi connectivity index (χ1) is 8.97. The zero-order chi connectivity index (χ0) is 15.8. The third-order valence-corrected chi connectivity index (χ3v) is 1.20. The molecule has 108 valence electrons. The van der Waals surface area contributed by atoms with E-state index in [2.05, 4.69) is 48.2 Å². The van der Waals surface area contributed by atoms with Gasteiger partial charge in [0.15, 0.2) is 0 Å². The normalized spacial score (nSPS) is 7.42. The van der Waals surface area contributed by atoms with E-state index < -0.39 is 18.0 Å². The van der Waals surface area contributed by atoms with Gasteiger partial charge in [-0.1, -0.05) is 6.58 Å². The van der Waals surface area contributed by atoms with Crippen molar-refractivity contribution in [1.29, 1.82) is 0 Å².